The average molecular weight is 301 g/mol. The minimum atomic E-state index is -0.467. The predicted molar refractivity (Wildman–Crippen MR) is 84.4 cm³/mol. The van der Waals surface area contributed by atoms with E-state index in [1.165, 1.54) is 17.7 Å². The van der Waals surface area contributed by atoms with E-state index in [1.54, 1.807) is 12.1 Å². The van der Waals surface area contributed by atoms with Gasteiger partial charge in [-0.3, -0.25) is 4.79 Å². The summed E-state index contributed by atoms with van der Waals surface area (Å²) in [7, 11) is 0. The van der Waals surface area contributed by atoms with Crippen LogP contribution in [0.3, 0.4) is 0 Å². The Hall–Kier alpha value is -2.36. The number of carbonyl (C=O) groups is 1. The van der Waals surface area contributed by atoms with Crippen molar-refractivity contribution >= 4 is 5.91 Å². The van der Waals surface area contributed by atoms with Crippen molar-refractivity contribution in [3.05, 3.63) is 66.0 Å². The molecule has 0 fully saturated rings. The maximum absolute atomic E-state index is 13.4. The van der Waals surface area contributed by atoms with Gasteiger partial charge in [-0.1, -0.05) is 49.4 Å². The van der Waals surface area contributed by atoms with Crippen molar-refractivity contribution in [2.24, 2.45) is 0 Å². The molecule has 2 rings (SSSR count). The lowest BCUT2D eigenvalue weighted by Gasteiger charge is -2.16. The molecule has 2 aromatic rings. The summed E-state index contributed by atoms with van der Waals surface area (Å²) < 4.78 is 18.6. The number of para-hydroxylation sites is 1. The maximum Gasteiger partial charge on any atom is 0.257 e. The zero-order valence-corrected chi connectivity index (χ0v) is 12.6. The highest BCUT2D eigenvalue weighted by Gasteiger charge is 2.11. The number of halogens is 1. The summed E-state index contributed by atoms with van der Waals surface area (Å²) in [6, 6.07) is 16.1. The van der Waals surface area contributed by atoms with Gasteiger partial charge in [0, 0.05) is 12.5 Å². The van der Waals surface area contributed by atoms with Gasteiger partial charge >= 0.3 is 0 Å². The maximum atomic E-state index is 13.4. The minimum absolute atomic E-state index is 0.0905. The van der Waals surface area contributed by atoms with Crippen molar-refractivity contribution in [1.29, 1.82) is 0 Å². The molecule has 4 heteroatoms. The third-order valence-corrected chi connectivity index (χ3v) is 3.50. The number of rotatable bonds is 7. The van der Waals surface area contributed by atoms with Crippen molar-refractivity contribution in [2.45, 2.75) is 19.3 Å². The molecule has 0 aliphatic rings. The molecule has 0 spiro atoms. The number of amides is 1. The molecule has 0 radical (unpaired) electrons. The fourth-order valence-corrected chi connectivity index (χ4v) is 2.22. The van der Waals surface area contributed by atoms with Gasteiger partial charge in [-0.25, -0.2) is 4.39 Å². The predicted octanol–water partition coefficient (Wildman–Crippen LogP) is 3.51. The van der Waals surface area contributed by atoms with Gasteiger partial charge in [0.2, 0.25) is 0 Å². The van der Waals surface area contributed by atoms with Gasteiger partial charge in [0.25, 0.3) is 5.91 Å². The normalized spacial score (nSPS) is 11.7. The molecule has 0 aliphatic heterocycles. The molecular formula is C18H20FNO2. The van der Waals surface area contributed by atoms with Crippen LogP contribution < -0.4 is 10.1 Å². The van der Waals surface area contributed by atoms with Crippen LogP contribution in [0, 0.1) is 5.82 Å². The third-order valence-electron chi connectivity index (χ3n) is 3.50. The standard InChI is InChI=1S/C18H20FNO2/c1-2-14(15-8-4-3-5-9-15)12-20-18(21)13-22-17-11-7-6-10-16(17)19/h3-11,14H,2,12-13H2,1H3,(H,20,21). The van der Waals surface area contributed by atoms with E-state index in [4.69, 9.17) is 4.74 Å². The largest absolute Gasteiger partial charge is 0.481 e. The number of hydrogen-bond acceptors (Lipinski definition) is 2. The van der Waals surface area contributed by atoms with Crippen LogP contribution in [0.5, 0.6) is 5.75 Å². The first-order valence-corrected chi connectivity index (χ1v) is 7.39. The molecule has 22 heavy (non-hydrogen) atoms. The number of benzene rings is 2. The molecule has 0 saturated carbocycles. The van der Waals surface area contributed by atoms with Crippen molar-refractivity contribution in [1.82, 2.24) is 5.32 Å². The second-order valence-electron chi connectivity index (χ2n) is 5.04. The van der Waals surface area contributed by atoms with Crippen LogP contribution in [0.1, 0.15) is 24.8 Å². The van der Waals surface area contributed by atoms with Gasteiger partial charge < -0.3 is 10.1 Å². The first-order chi connectivity index (χ1) is 10.7. The molecule has 3 nitrogen and oxygen atoms in total. The van der Waals surface area contributed by atoms with Crippen LogP contribution in [0.15, 0.2) is 54.6 Å². The van der Waals surface area contributed by atoms with Crippen LogP contribution in [0.2, 0.25) is 0 Å². The Balaban J connectivity index is 1.81. The highest BCUT2D eigenvalue weighted by Crippen LogP contribution is 2.18. The fourth-order valence-electron chi connectivity index (χ4n) is 2.22. The van der Waals surface area contributed by atoms with Crippen molar-refractivity contribution < 1.29 is 13.9 Å². The van der Waals surface area contributed by atoms with Crippen molar-refractivity contribution in [3.8, 4) is 5.75 Å². The lowest BCUT2D eigenvalue weighted by atomic mass is 9.96. The molecule has 0 bridgehead atoms. The van der Waals surface area contributed by atoms with Gasteiger partial charge in [-0.15, -0.1) is 0 Å². The summed E-state index contributed by atoms with van der Waals surface area (Å²) >= 11 is 0. The quantitative estimate of drug-likeness (QED) is 0.850. The number of carbonyl (C=O) groups excluding carboxylic acids is 1. The van der Waals surface area contributed by atoms with E-state index in [-0.39, 0.29) is 24.2 Å². The molecular weight excluding hydrogens is 281 g/mol. The highest BCUT2D eigenvalue weighted by molar-refractivity contribution is 5.77. The SMILES string of the molecule is CCC(CNC(=O)COc1ccccc1F)c1ccccc1. The first-order valence-electron chi connectivity index (χ1n) is 7.39. The number of hydrogen-bond donors (Lipinski definition) is 1. The topological polar surface area (TPSA) is 38.3 Å². The molecule has 1 N–H and O–H groups in total. The summed E-state index contributed by atoms with van der Waals surface area (Å²) in [5, 5.41) is 2.84. The monoisotopic (exact) mass is 301 g/mol. The summed E-state index contributed by atoms with van der Waals surface area (Å²) in [6.07, 6.45) is 0.929. The lowest BCUT2D eigenvalue weighted by molar-refractivity contribution is -0.123. The van der Waals surface area contributed by atoms with E-state index in [1.807, 2.05) is 18.2 Å². The lowest BCUT2D eigenvalue weighted by Crippen LogP contribution is -2.32. The Bertz CT molecular complexity index is 601. The Morgan fingerprint density at radius 3 is 2.50 bits per heavy atom. The highest BCUT2D eigenvalue weighted by atomic mass is 19.1. The molecule has 1 amide bonds. The molecule has 0 aliphatic carbocycles. The van der Waals surface area contributed by atoms with Gasteiger partial charge in [0.1, 0.15) is 0 Å². The molecule has 0 heterocycles. The average Bonchev–Trinajstić information content (AvgIpc) is 2.55. The Kier molecular flexibility index (Phi) is 5.95. The smallest absolute Gasteiger partial charge is 0.257 e. The van der Waals surface area contributed by atoms with Crippen LogP contribution in [0.25, 0.3) is 0 Å². The van der Waals surface area contributed by atoms with Crippen molar-refractivity contribution in [3.63, 3.8) is 0 Å². The van der Waals surface area contributed by atoms with Crippen LogP contribution in [-0.2, 0) is 4.79 Å². The third kappa shape index (κ3) is 4.58. The summed E-state index contributed by atoms with van der Waals surface area (Å²) in [5.74, 6) is -0.366. The van der Waals surface area contributed by atoms with E-state index in [9.17, 15) is 9.18 Å². The van der Waals surface area contributed by atoms with E-state index < -0.39 is 5.82 Å². The van der Waals surface area contributed by atoms with E-state index in [0.717, 1.165) is 6.42 Å². The number of nitrogens with one attached hydrogen (secondary N) is 1. The molecule has 0 aromatic heterocycles. The summed E-state index contributed by atoms with van der Waals surface area (Å²) in [6.45, 7) is 2.44. The fraction of sp³-hybridized carbons (Fsp3) is 0.278. The Morgan fingerprint density at radius 1 is 1.14 bits per heavy atom. The zero-order valence-electron chi connectivity index (χ0n) is 12.6. The molecule has 116 valence electrons. The van der Waals surface area contributed by atoms with Gasteiger partial charge in [0.05, 0.1) is 0 Å². The molecule has 0 saturated heterocycles. The number of ether oxygens (including phenoxy) is 1. The molecule has 1 atom stereocenters. The van der Waals surface area contributed by atoms with Crippen LogP contribution in [0.4, 0.5) is 4.39 Å². The van der Waals surface area contributed by atoms with Gasteiger partial charge in [0.15, 0.2) is 18.2 Å². The zero-order chi connectivity index (χ0) is 15.8. The summed E-state index contributed by atoms with van der Waals surface area (Å²) in [5.41, 5.74) is 1.19. The molecule has 1 unspecified atom stereocenters. The first kappa shape index (κ1) is 16.0. The van der Waals surface area contributed by atoms with E-state index >= 15 is 0 Å². The molecule has 2 aromatic carbocycles. The van der Waals surface area contributed by atoms with Crippen molar-refractivity contribution in [2.75, 3.05) is 13.2 Å². The second kappa shape index (κ2) is 8.17. The summed E-state index contributed by atoms with van der Waals surface area (Å²) in [4.78, 5) is 11.8. The van der Waals surface area contributed by atoms with Crippen LogP contribution >= 0.6 is 0 Å². The Labute approximate surface area is 130 Å². The minimum Gasteiger partial charge on any atom is -0.481 e. The Morgan fingerprint density at radius 2 is 1.82 bits per heavy atom. The van der Waals surface area contributed by atoms with Gasteiger partial charge in [-0.2, -0.15) is 0 Å². The van der Waals surface area contributed by atoms with E-state index in [0.29, 0.717) is 6.54 Å². The van der Waals surface area contributed by atoms with Crippen LogP contribution in [-0.4, -0.2) is 19.1 Å². The second-order valence-corrected chi connectivity index (χ2v) is 5.04. The van der Waals surface area contributed by atoms with Gasteiger partial charge in [-0.05, 0) is 24.1 Å². The van der Waals surface area contributed by atoms with E-state index in [2.05, 4.69) is 24.4 Å².